The van der Waals surface area contributed by atoms with Crippen molar-refractivity contribution in [1.82, 2.24) is 20.1 Å². The molecule has 0 radical (unpaired) electrons. The summed E-state index contributed by atoms with van der Waals surface area (Å²) < 4.78 is 2.00. The van der Waals surface area contributed by atoms with Crippen LogP contribution in [0.25, 0.3) is 0 Å². The van der Waals surface area contributed by atoms with Gasteiger partial charge in [-0.05, 0) is 38.6 Å². The lowest BCUT2D eigenvalue weighted by atomic mass is 9.96. The minimum Gasteiger partial charge on any atom is -0.394 e. The number of aromatic nitrogens is 3. The molecule has 1 aromatic rings. The molecule has 1 atom stereocenters. The van der Waals surface area contributed by atoms with Crippen molar-refractivity contribution in [3.05, 3.63) is 5.82 Å². The molecule has 6 heteroatoms. The van der Waals surface area contributed by atoms with Gasteiger partial charge in [0.05, 0.1) is 12.1 Å². The number of aliphatic hydroxyl groups is 1. The molecule has 19 heavy (non-hydrogen) atoms. The summed E-state index contributed by atoms with van der Waals surface area (Å²) in [6.45, 7) is 5.25. The normalized spacial score (nSPS) is 18.5. The first-order valence-corrected chi connectivity index (χ1v) is 7.96. The van der Waals surface area contributed by atoms with Gasteiger partial charge in [0, 0.05) is 12.8 Å². The van der Waals surface area contributed by atoms with Gasteiger partial charge < -0.3 is 15.0 Å². The van der Waals surface area contributed by atoms with Gasteiger partial charge in [-0.25, -0.2) is 0 Å². The molecule has 2 rings (SSSR count). The Labute approximate surface area is 119 Å². The minimum absolute atomic E-state index is 0.152. The number of thioether (sulfide) groups is 1. The largest absolute Gasteiger partial charge is 0.394 e. The van der Waals surface area contributed by atoms with E-state index in [1.54, 1.807) is 11.8 Å². The van der Waals surface area contributed by atoms with Crippen LogP contribution in [-0.4, -0.2) is 44.3 Å². The Hall–Kier alpha value is -0.590. The van der Waals surface area contributed by atoms with Gasteiger partial charge >= 0.3 is 0 Å². The van der Waals surface area contributed by atoms with Crippen molar-refractivity contribution in [3.63, 3.8) is 0 Å². The molecule has 1 saturated carbocycles. The van der Waals surface area contributed by atoms with Crippen molar-refractivity contribution in [2.45, 2.75) is 43.8 Å². The number of rotatable bonds is 8. The van der Waals surface area contributed by atoms with Crippen LogP contribution in [0, 0.1) is 12.8 Å². The molecule has 2 N–H and O–H groups in total. The third kappa shape index (κ3) is 3.30. The average Bonchev–Trinajstić information content (AvgIpc) is 3.22. The van der Waals surface area contributed by atoms with Crippen molar-refractivity contribution >= 4 is 11.8 Å². The van der Waals surface area contributed by atoms with Crippen molar-refractivity contribution in [2.24, 2.45) is 13.0 Å². The minimum atomic E-state index is -0.152. The summed E-state index contributed by atoms with van der Waals surface area (Å²) in [5, 5.41) is 22.6. The first kappa shape index (κ1) is 14.8. The number of nitrogens with zero attached hydrogens (tertiary/aromatic N) is 3. The number of hydrogen-bond donors (Lipinski definition) is 2. The van der Waals surface area contributed by atoms with Crippen LogP contribution >= 0.6 is 11.8 Å². The molecule has 0 saturated heterocycles. The number of hydrogen-bond acceptors (Lipinski definition) is 5. The van der Waals surface area contributed by atoms with Crippen molar-refractivity contribution in [2.75, 3.05) is 18.9 Å². The molecule has 5 nitrogen and oxygen atoms in total. The van der Waals surface area contributed by atoms with Gasteiger partial charge in [0.15, 0.2) is 5.16 Å². The lowest BCUT2D eigenvalue weighted by molar-refractivity contribution is 0.159. The van der Waals surface area contributed by atoms with Crippen LogP contribution in [0.3, 0.4) is 0 Å². The van der Waals surface area contributed by atoms with Gasteiger partial charge in [-0.3, -0.25) is 0 Å². The molecule has 0 spiro atoms. The van der Waals surface area contributed by atoms with Gasteiger partial charge in [-0.15, -0.1) is 10.2 Å². The smallest absolute Gasteiger partial charge is 0.191 e. The fourth-order valence-electron chi connectivity index (χ4n) is 2.26. The van der Waals surface area contributed by atoms with Crippen LogP contribution < -0.4 is 5.32 Å². The second-order valence-corrected chi connectivity index (χ2v) is 6.34. The summed E-state index contributed by atoms with van der Waals surface area (Å²) in [7, 11) is 1.98. The van der Waals surface area contributed by atoms with Crippen LogP contribution in [0.2, 0.25) is 0 Å². The van der Waals surface area contributed by atoms with E-state index in [2.05, 4.69) is 22.4 Å². The Morgan fingerprint density at radius 3 is 2.68 bits per heavy atom. The summed E-state index contributed by atoms with van der Waals surface area (Å²) in [6.07, 6.45) is 3.52. The van der Waals surface area contributed by atoms with E-state index < -0.39 is 0 Å². The van der Waals surface area contributed by atoms with Crippen LogP contribution in [-0.2, 0) is 7.05 Å². The van der Waals surface area contributed by atoms with Crippen LogP contribution in [0.1, 0.15) is 32.0 Å². The molecule has 0 bridgehead atoms. The van der Waals surface area contributed by atoms with Gasteiger partial charge in [-0.1, -0.05) is 18.7 Å². The molecular weight excluding hydrogens is 260 g/mol. The molecule has 1 heterocycles. The van der Waals surface area contributed by atoms with Crippen LogP contribution in [0.4, 0.5) is 0 Å². The highest BCUT2D eigenvalue weighted by atomic mass is 32.2. The number of aliphatic hydroxyl groups excluding tert-OH is 1. The SMILES string of the molecule is CCCNC(CO)(CSc1nnc(C)n1C)C1CC1. The Kier molecular flexibility index (Phi) is 4.86. The summed E-state index contributed by atoms with van der Waals surface area (Å²) >= 11 is 1.69. The molecule has 1 fully saturated rings. The maximum Gasteiger partial charge on any atom is 0.191 e. The van der Waals surface area contributed by atoms with E-state index in [-0.39, 0.29) is 12.1 Å². The van der Waals surface area contributed by atoms with E-state index in [1.165, 1.54) is 12.8 Å². The van der Waals surface area contributed by atoms with Gasteiger partial charge in [0.2, 0.25) is 0 Å². The summed E-state index contributed by atoms with van der Waals surface area (Å²) in [5.41, 5.74) is -0.152. The van der Waals surface area contributed by atoms with Crippen molar-refractivity contribution < 1.29 is 5.11 Å². The second kappa shape index (κ2) is 6.24. The average molecular weight is 284 g/mol. The first-order valence-electron chi connectivity index (χ1n) is 6.97. The third-order valence-electron chi connectivity index (χ3n) is 3.88. The summed E-state index contributed by atoms with van der Waals surface area (Å²) in [4.78, 5) is 0. The first-order chi connectivity index (χ1) is 9.13. The topological polar surface area (TPSA) is 63.0 Å². The second-order valence-electron chi connectivity index (χ2n) is 5.39. The quantitative estimate of drug-likeness (QED) is 0.706. The molecule has 0 aliphatic heterocycles. The summed E-state index contributed by atoms with van der Waals surface area (Å²) in [6, 6.07) is 0. The van der Waals surface area contributed by atoms with Gasteiger partial charge in [0.1, 0.15) is 5.82 Å². The molecule has 1 unspecified atom stereocenters. The Morgan fingerprint density at radius 1 is 1.47 bits per heavy atom. The summed E-state index contributed by atoms with van der Waals surface area (Å²) in [5.74, 6) is 2.37. The Morgan fingerprint density at radius 2 is 2.21 bits per heavy atom. The van der Waals surface area contributed by atoms with Crippen LogP contribution in [0.5, 0.6) is 0 Å². The Balaban J connectivity index is 2.01. The fourth-order valence-corrected chi connectivity index (χ4v) is 3.50. The van der Waals surface area contributed by atoms with E-state index in [4.69, 9.17) is 0 Å². The zero-order chi connectivity index (χ0) is 13.9. The maximum atomic E-state index is 9.85. The monoisotopic (exact) mass is 284 g/mol. The van der Waals surface area contributed by atoms with E-state index >= 15 is 0 Å². The maximum absolute atomic E-state index is 9.85. The molecule has 1 aliphatic carbocycles. The standard InChI is InChI=1S/C13H24N4OS/c1-4-7-14-13(8-18,11-5-6-11)9-19-12-16-15-10(2)17(12)3/h11,14,18H,4-9H2,1-3H3. The lowest BCUT2D eigenvalue weighted by Gasteiger charge is -2.33. The number of nitrogens with one attached hydrogen (secondary N) is 1. The van der Waals surface area contributed by atoms with Gasteiger partial charge in [0.25, 0.3) is 0 Å². The molecule has 0 amide bonds. The van der Waals surface area contributed by atoms with E-state index in [0.29, 0.717) is 5.92 Å². The van der Waals surface area contributed by atoms with Gasteiger partial charge in [-0.2, -0.15) is 0 Å². The molecular formula is C13H24N4OS. The predicted octanol–water partition coefficient (Wildman–Crippen LogP) is 1.36. The van der Waals surface area contributed by atoms with E-state index in [9.17, 15) is 5.11 Å². The van der Waals surface area contributed by atoms with E-state index in [1.807, 2.05) is 18.5 Å². The highest BCUT2D eigenvalue weighted by Crippen LogP contribution is 2.42. The zero-order valence-electron chi connectivity index (χ0n) is 12.0. The third-order valence-corrected chi connectivity index (χ3v) is 5.15. The highest BCUT2D eigenvalue weighted by Gasteiger charge is 2.44. The highest BCUT2D eigenvalue weighted by molar-refractivity contribution is 7.99. The zero-order valence-corrected chi connectivity index (χ0v) is 12.8. The van der Waals surface area contributed by atoms with Crippen LogP contribution in [0.15, 0.2) is 5.16 Å². The van der Waals surface area contributed by atoms with Crippen molar-refractivity contribution in [3.8, 4) is 0 Å². The van der Waals surface area contributed by atoms with E-state index in [0.717, 1.165) is 29.7 Å². The molecule has 0 aromatic carbocycles. The molecule has 1 aromatic heterocycles. The Bertz CT molecular complexity index is 419. The fraction of sp³-hybridized carbons (Fsp3) is 0.846. The molecule has 108 valence electrons. The molecule has 1 aliphatic rings. The number of aryl methyl sites for hydroxylation is 1. The lowest BCUT2D eigenvalue weighted by Crippen LogP contribution is -2.53. The predicted molar refractivity (Wildman–Crippen MR) is 77.3 cm³/mol. The van der Waals surface area contributed by atoms with Crippen molar-refractivity contribution in [1.29, 1.82) is 0 Å².